The number of nitrogens with one attached hydrogen (secondary N) is 1. The fourth-order valence-corrected chi connectivity index (χ4v) is 3.67. The number of carboxylic acid groups (broad SMARTS) is 1. The molecule has 0 aliphatic rings. The summed E-state index contributed by atoms with van der Waals surface area (Å²) in [7, 11) is 0. The van der Waals surface area contributed by atoms with Gasteiger partial charge < -0.3 is 21.3 Å². The largest absolute Gasteiger partial charge is 0.504 e. The Hall–Kier alpha value is -2.58. The number of carbonyl (C=O) groups excluding carboxylic acids is 1. The lowest BCUT2D eigenvalue weighted by molar-refractivity contribution is -0.135. The molecule has 0 aliphatic heterocycles. The molecular formula is C14H10ClN3O4S. The van der Waals surface area contributed by atoms with Crippen LogP contribution in [0.25, 0.3) is 20.2 Å². The number of nitrogens with two attached hydrogens (primary N) is 1. The number of rotatable bonds is 3. The number of nitrogen functional groups attached to an aromatic ring is 1. The lowest BCUT2D eigenvalue weighted by atomic mass is 10.1. The van der Waals surface area contributed by atoms with E-state index in [0.29, 0.717) is 15.8 Å². The molecule has 2 heterocycles. The first-order valence-corrected chi connectivity index (χ1v) is 7.58. The number of amides is 1. The molecule has 5 N–H and O–H groups in total. The van der Waals surface area contributed by atoms with Crippen LogP contribution in [0, 0.1) is 0 Å². The van der Waals surface area contributed by atoms with Crippen molar-refractivity contribution in [3.05, 3.63) is 29.0 Å². The molecule has 0 spiro atoms. The third-order valence-electron chi connectivity index (χ3n) is 3.18. The lowest BCUT2D eigenvalue weighted by Gasteiger charge is -2.06. The highest BCUT2D eigenvalue weighted by Crippen LogP contribution is 2.43. The van der Waals surface area contributed by atoms with E-state index in [1.165, 1.54) is 11.3 Å². The fourth-order valence-electron chi connectivity index (χ4n) is 2.20. The van der Waals surface area contributed by atoms with Crippen LogP contribution in [-0.2, 0) is 4.79 Å². The highest BCUT2D eigenvalue weighted by atomic mass is 35.5. The fraction of sp³-hybridized carbons (Fsp3) is 0.0714. The summed E-state index contributed by atoms with van der Waals surface area (Å²) in [5.74, 6) is -2.36. The van der Waals surface area contributed by atoms with Crippen molar-refractivity contribution >= 4 is 60.7 Å². The Bertz CT molecular complexity index is 970. The molecule has 2 aromatic heterocycles. The van der Waals surface area contributed by atoms with Gasteiger partial charge in [-0.3, -0.25) is 9.59 Å². The van der Waals surface area contributed by atoms with Gasteiger partial charge in [-0.25, -0.2) is 4.98 Å². The highest BCUT2D eigenvalue weighted by Gasteiger charge is 2.22. The van der Waals surface area contributed by atoms with Crippen LogP contribution in [0.2, 0.25) is 5.15 Å². The molecule has 7 nitrogen and oxygen atoms in total. The van der Waals surface area contributed by atoms with Crippen molar-refractivity contribution in [3.8, 4) is 5.75 Å². The summed E-state index contributed by atoms with van der Waals surface area (Å²) in [4.78, 5) is 26.4. The Labute approximate surface area is 138 Å². The van der Waals surface area contributed by atoms with Gasteiger partial charge in [-0.05, 0) is 18.2 Å². The summed E-state index contributed by atoms with van der Waals surface area (Å²) in [6.45, 7) is -0.585. The zero-order valence-electron chi connectivity index (χ0n) is 11.5. The van der Waals surface area contributed by atoms with E-state index in [9.17, 15) is 14.7 Å². The number of carbonyl (C=O) groups is 2. The van der Waals surface area contributed by atoms with Crippen molar-refractivity contribution in [1.82, 2.24) is 10.3 Å². The summed E-state index contributed by atoms with van der Waals surface area (Å²) in [6, 6.07) is 5.22. The first-order chi connectivity index (χ1) is 10.9. The number of pyridine rings is 1. The number of benzene rings is 1. The minimum atomic E-state index is -1.21. The number of aromatic nitrogens is 1. The summed E-state index contributed by atoms with van der Waals surface area (Å²) >= 11 is 7.40. The van der Waals surface area contributed by atoms with Crippen LogP contribution in [0.1, 0.15) is 10.5 Å². The minimum Gasteiger partial charge on any atom is -0.504 e. The predicted octanol–water partition coefficient (Wildman–Crippen LogP) is 2.21. The molecule has 0 fully saturated rings. The van der Waals surface area contributed by atoms with Crippen LogP contribution in [0.4, 0.5) is 5.69 Å². The number of thiophene rings is 1. The van der Waals surface area contributed by atoms with E-state index < -0.39 is 18.4 Å². The second-order valence-electron chi connectivity index (χ2n) is 4.74. The number of carboxylic acids is 1. The van der Waals surface area contributed by atoms with Gasteiger partial charge in [-0.15, -0.1) is 11.3 Å². The molecule has 0 unspecified atom stereocenters. The van der Waals surface area contributed by atoms with E-state index in [0.717, 1.165) is 10.1 Å². The van der Waals surface area contributed by atoms with Gasteiger partial charge >= 0.3 is 5.97 Å². The molecule has 0 radical (unpaired) electrons. The zero-order valence-corrected chi connectivity index (χ0v) is 13.0. The van der Waals surface area contributed by atoms with Gasteiger partial charge in [-0.1, -0.05) is 11.6 Å². The molecule has 1 amide bonds. The molecule has 3 rings (SSSR count). The third kappa shape index (κ3) is 2.62. The standard InChI is InChI=1S/C14H10ClN3O4S/c15-13-9-6-3-5(16)1-2-7(6)23-12(9)11(21)10(18-13)14(22)17-4-8(19)20/h1-3,21H,4,16H2,(H,17,22)(H,19,20). The Morgan fingerprint density at radius 3 is 2.83 bits per heavy atom. The van der Waals surface area contributed by atoms with E-state index in [-0.39, 0.29) is 16.6 Å². The molecule has 9 heteroatoms. The number of aromatic hydroxyl groups is 1. The normalized spacial score (nSPS) is 11.0. The van der Waals surface area contributed by atoms with Crippen molar-refractivity contribution in [3.63, 3.8) is 0 Å². The second-order valence-corrected chi connectivity index (χ2v) is 6.15. The Morgan fingerprint density at radius 1 is 1.39 bits per heavy atom. The van der Waals surface area contributed by atoms with Crippen molar-refractivity contribution in [1.29, 1.82) is 0 Å². The molecule has 23 heavy (non-hydrogen) atoms. The maximum absolute atomic E-state index is 12.0. The van der Waals surface area contributed by atoms with Crippen LogP contribution in [0.5, 0.6) is 5.75 Å². The highest BCUT2D eigenvalue weighted by molar-refractivity contribution is 7.26. The Kier molecular flexibility index (Phi) is 3.70. The van der Waals surface area contributed by atoms with Crippen LogP contribution in [0.15, 0.2) is 18.2 Å². The molecule has 0 atom stereocenters. The minimum absolute atomic E-state index is 0.0372. The van der Waals surface area contributed by atoms with Crippen LogP contribution in [-0.4, -0.2) is 33.6 Å². The van der Waals surface area contributed by atoms with Crippen molar-refractivity contribution in [2.75, 3.05) is 12.3 Å². The molecule has 1 aromatic carbocycles. The van der Waals surface area contributed by atoms with Gasteiger partial charge in [0.05, 0.1) is 4.70 Å². The number of halogens is 1. The number of fused-ring (bicyclic) bond motifs is 3. The number of hydrogen-bond donors (Lipinski definition) is 4. The topological polar surface area (TPSA) is 126 Å². The first kappa shape index (κ1) is 15.3. The summed E-state index contributed by atoms with van der Waals surface area (Å²) in [6.07, 6.45) is 0. The van der Waals surface area contributed by atoms with Crippen LogP contribution < -0.4 is 11.1 Å². The van der Waals surface area contributed by atoms with Crippen molar-refractivity contribution in [2.45, 2.75) is 0 Å². The van der Waals surface area contributed by atoms with E-state index in [1.807, 2.05) is 0 Å². The zero-order chi connectivity index (χ0) is 16.7. The summed E-state index contributed by atoms with van der Waals surface area (Å²) in [5.41, 5.74) is 5.99. The van der Waals surface area contributed by atoms with Gasteiger partial charge in [0.2, 0.25) is 0 Å². The van der Waals surface area contributed by atoms with E-state index in [1.54, 1.807) is 18.2 Å². The first-order valence-electron chi connectivity index (χ1n) is 6.38. The summed E-state index contributed by atoms with van der Waals surface area (Å²) in [5, 5.41) is 22.3. The van der Waals surface area contributed by atoms with Crippen molar-refractivity contribution in [2.24, 2.45) is 0 Å². The second kappa shape index (κ2) is 5.56. The number of hydrogen-bond acceptors (Lipinski definition) is 6. The third-order valence-corrected chi connectivity index (χ3v) is 4.63. The van der Waals surface area contributed by atoms with Gasteiger partial charge in [0.25, 0.3) is 5.91 Å². The van der Waals surface area contributed by atoms with E-state index in [4.69, 9.17) is 22.4 Å². The average Bonchev–Trinajstić information content (AvgIpc) is 2.87. The lowest BCUT2D eigenvalue weighted by Crippen LogP contribution is -2.30. The predicted molar refractivity (Wildman–Crippen MR) is 88.2 cm³/mol. The van der Waals surface area contributed by atoms with Gasteiger partial charge in [0, 0.05) is 21.2 Å². The Morgan fingerprint density at radius 2 is 2.13 bits per heavy atom. The van der Waals surface area contributed by atoms with Gasteiger partial charge in [0.1, 0.15) is 11.7 Å². The SMILES string of the molecule is Nc1ccc2sc3c(O)c(C(=O)NCC(=O)O)nc(Cl)c3c2c1. The Balaban J connectivity index is 2.20. The smallest absolute Gasteiger partial charge is 0.322 e. The number of nitrogens with zero attached hydrogens (tertiary/aromatic N) is 1. The molecule has 0 aliphatic carbocycles. The maximum atomic E-state index is 12.0. The van der Waals surface area contributed by atoms with Gasteiger partial charge in [0.15, 0.2) is 11.4 Å². The number of aliphatic carboxylic acids is 1. The van der Waals surface area contributed by atoms with E-state index in [2.05, 4.69) is 10.3 Å². The number of anilines is 1. The van der Waals surface area contributed by atoms with Crippen LogP contribution in [0.3, 0.4) is 0 Å². The van der Waals surface area contributed by atoms with E-state index >= 15 is 0 Å². The quantitative estimate of drug-likeness (QED) is 0.423. The molecular weight excluding hydrogens is 342 g/mol. The monoisotopic (exact) mass is 351 g/mol. The average molecular weight is 352 g/mol. The maximum Gasteiger partial charge on any atom is 0.322 e. The molecule has 3 aromatic rings. The molecule has 118 valence electrons. The van der Waals surface area contributed by atoms with Gasteiger partial charge in [-0.2, -0.15) is 0 Å². The van der Waals surface area contributed by atoms with Crippen LogP contribution >= 0.6 is 22.9 Å². The molecule has 0 saturated heterocycles. The molecule has 0 saturated carbocycles. The molecule has 0 bridgehead atoms. The summed E-state index contributed by atoms with van der Waals surface area (Å²) < 4.78 is 1.22. The van der Waals surface area contributed by atoms with Crippen molar-refractivity contribution < 1.29 is 19.8 Å².